The highest BCUT2D eigenvalue weighted by Gasteiger charge is 2.34. The van der Waals surface area contributed by atoms with Crippen molar-refractivity contribution in [1.82, 2.24) is 10.6 Å². The molecule has 2 N–H and O–H groups in total. The van der Waals surface area contributed by atoms with Gasteiger partial charge in [-0.15, -0.1) is 0 Å². The molecule has 132 valence electrons. The van der Waals surface area contributed by atoms with E-state index in [1.165, 1.54) is 0 Å². The summed E-state index contributed by atoms with van der Waals surface area (Å²) in [6.45, 7) is 5.08. The molecular formula is C16H19F3N2O3. The predicted molar refractivity (Wildman–Crippen MR) is 79.8 cm³/mol. The predicted octanol–water partition coefficient (Wildman–Crippen LogP) is 2.60. The van der Waals surface area contributed by atoms with Gasteiger partial charge in [-0.05, 0) is 32.4 Å². The Morgan fingerprint density at radius 1 is 1.21 bits per heavy atom. The van der Waals surface area contributed by atoms with Gasteiger partial charge >= 0.3 is 6.09 Å². The van der Waals surface area contributed by atoms with E-state index in [0.29, 0.717) is 6.07 Å². The van der Waals surface area contributed by atoms with E-state index in [9.17, 15) is 22.8 Å². The quantitative estimate of drug-likeness (QED) is 0.811. The van der Waals surface area contributed by atoms with Crippen LogP contribution in [0.1, 0.15) is 38.7 Å². The van der Waals surface area contributed by atoms with Gasteiger partial charge in [-0.3, -0.25) is 4.79 Å². The average Bonchev–Trinajstić information content (AvgIpc) is 2.43. The molecule has 0 unspecified atom stereocenters. The van der Waals surface area contributed by atoms with Crippen molar-refractivity contribution in [3.8, 4) is 0 Å². The zero-order chi connectivity index (χ0) is 18.1. The Labute approximate surface area is 137 Å². The summed E-state index contributed by atoms with van der Waals surface area (Å²) in [4.78, 5) is 23.5. The second-order valence-electron chi connectivity index (χ2n) is 6.66. The van der Waals surface area contributed by atoms with Crippen LogP contribution in [0.3, 0.4) is 0 Å². The number of carbonyl (C=O) groups is 2. The number of benzene rings is 1. The second-order valence-corrected chi connectivity index (χ2v) is 6.66. The maximum atomic E-state index is 14.0. The summed E-state index contributed by atoms with van der Waals surface area (Å²) in [6.07, 6.45) is -0.903. The molecule has 1 aromatic rings. The normalized spacial score (nSPS) is 21.2. The van der Waals surface area contributed by atoms with Crippen molar-refractivity contribution >= 4 is 12.0 Å². The average molecular weight is 344 g/mol. The third-order valence-corrected chi connectivity index (χ3v) is 3.55. The molecule has 1 aliphatic heterocycles. The Balaban J connectivity index is 2.25. The van der Waals surface area contributed by atoms with Gasteiger partial charge in [-0.2, -0.15) is 0 Å². The van der Waals surface area contributed by atoms with Crippen molar-refractivity contribution < 1.29 is 27.5 Å². The number of ether oxygens (including phenoxy) is 1. The minimum atomic E-state index is -1.31. The standard InChI is InChI=1S/C16H19F3N2O3/c1-16(2,3)24-15(23)21-13-7-20-14(22)5-9(13)8-4-11(18)12(19)6-10(8)17/h4,6,9,13H,5,7H2,1-3H3,(H,20,22)(H,21,23)/t9-,13+/m1/s1. The van der Waals surface area contributed by atoms with Gasteiger partial charge in [0.25, 0.3) is 0 Å². The van der Waals surface area contributed by atoms with Crippen molar-refractivity contribution in [2.24, 2.45) is 0 Å². The van der Waals surface area contributed by atoms with Gasteiger partial charge in [-0.1, -0.05) is 0 Å². The maximum Gasteiger partial charge on any atom is 0.407 e. The van der Waals surface area contributed by atoms with Crippen LogP contribution in [-0.2, 0) is 9.53 Å². The van der Waals surface area contributed by atoms with Crippen LogP contribution in [0.5, 0.6) is 0 Å². The summed E-state index contributed by atoms with van der Waals surface area (Å²) in [7, 11) is 0. The first-order valence-corrected chi connectivity index (χ1v) is 7.47. The van der Waals surface area contributed by atoms with Crippen LogP contribution in [0.15, 0.2) is 12.1 Å². The van der Waals surface area contributed by atoms with Crippen molar-refractivity contribution in [3.05, 3.63) is 35.1 Å². The van der Waals surface area contributed by atoms with E-state index in [4.69, 9.17) is 4.74 Å². The van der Waals surface area contributed by atoms with Crippen LogP contribution in [0.4, 0.5) is 18.0 Å². The van der Waals surface area contributed by atoms with Gasteiger partial charge < -0.3 is 15.4 Å². The molecule has 24 heavy (non-hydrogen) atoms. The lowest BCUT2D eigenvalue weighted by atomic mass is 9.85. The van der Waals surface area contributed by atoms with Gasteiger partial charge in [0.15, 0.2) is 11.6 Å². The Hall–Kier alpha value is -2.25. The van der Waals surface area contributed by atoms with E-state index in [1.54, 1.807) is 20.8 Å². The highest BCUT2D eigenvalue weighted by Crippen LogP contribution is 2.30. The molecule has 0 saturated carbocycles. The number of amides is 2. The molecule has 2 rings (SSSR count). The molecular weight excluding hydrogens is 325 g/mol. The molecule has 0 radical (unpaired) electrons. The maximum absolute atomic E-state index is 14.0. The van der Waals surface area contributed by atoms with Crippen LogP contribution in [-0.4, -0.2) is 30.2 Å². The van der Waals surface area contributed by atoms with Crippen molar-refractivity contribution in [3.63, 3.8) is 0 Å². The first kappa shape index (κ1) is 18.1. The first-order chi connectivity index (χ1) is 11.1. The fourth-order valence-electron chi connectivity index (χ4n) is 2.54. The highest BCUT2D eigenvalue weighted by atomic mass is 19.2. The lowest BCUT2D eigenvalue weighted by molar-refractivity contribution is -0.123. The number of carbonyl (C=O) groups excluding carboxylic acids is 2. The lowest BCUT2D eigenvalue weighted by Crippen LogP contribution is -2.53. The van der Waals surface area contributed by atoms with Crippen LogP contribution < -0.4 is 10.6 Å². The smallest absolute Gasteiger partial charge is 0.407 e. The Bertz CT molecular complexity index is 659. The molecule has 1 fully saturated rings. The van der Waals surface area contributed by atoms with E-state index in [-0.39, 0.29) is 24.4 Å². The van der Waals surface area contributed by atoms with Gasteiger partial charge in [0.05, 0.1) is 6.04 Å². The zero-order valence-corrected chi connectivity index (χ0v) is 13.6. The monoisotopic (exact) mass is 344 g/mol. The molecule has 2 atom stereocenters. The lowest BCUT2D eigenvalue weighted by Gasteiger charge is -2.33. The number of alkyl carbamates (subject to hydrolysis) is 1. The molecule has 1 aliphatic rings. The molecule has 0 aromatic heterocycles. The molecule has 0 spiro atoms. The van der Waals surface area contributed by atoms with Gasteiger partial charge in [0.1, 0.15) is 11.4 Å². The number of rotatable bonds is 2. The number of hydrogen-bond donors (Lipinski definition) is 2. The summed E-state index contributed by atoms with van der Waals surface area (Å²) in [5, 5.41) is 5.09. The summed E-state index contributed by atoms with van der Waals surface area (Å²) in [5.74, 6) is -4.70. The number of halogens is 3. The third kappa shape index (κ3) is 4.39. The summed E-state index contributed by atoms with van der Waals surface area (Å²) >= 11 is 0. The van der Waals surface area contributed by atoms with E-state index >= 15 is 0 Å². The molecule has 2 amide bonds. The highest BCUT2D eigenvalue weighted by molar-refractivity contribution is 5.79. The van der Waals surface area contributed by atoms with Crippen LogP contribution in [0.25, 0.3) is 0 Å². The minimum absolute atomic E-state index is 0.0289. The van der Waals surface area contributed by atoms with Crippen molar-refractivity contribution in [2.45, 2.75) is 44.8 Å². The SMILES string of the molecule is CC(C)(C)OC(=O)N[C@H]1CNC(=O)C[C@@H]1c1cc(F)c(F)cc1F. The Kier molecular flexibility index (Phi) is 5.05. The van der Waals surface area contributed by atoms with E-state index < -0.39 is 41.1 Å². The van der Waals surface area contributed by atoms with Gasteiger partial charge in [0, 0.05) is 24.9 Å². The number of piperidine rings is 1. The van der Waals surface area contributed by atoms with Gasteiger partial charge in [0.2, 0.25) is 5.91 Å². The van der Waals surface area contributed by atoms with Crippen LogP contribution in [0.2, 0.25) is 0 Å². The molecule has 1 saturated heterocycles. The van der Waals surface area contributed by atoms with Crippen molar-refractivity contribution in [2.75, 3.05) is 6.54 Å². The van der Waals surface area contributed by atoms with Crippen LogP contribution in [0, 0.1) is 17.5 Å². The molecule has 8 heteroatoms. The third-order valence-electron chi connectivity index (χ3n) is 3.55. The fraction of sp³-hybridized carbons (Fsp3) is 0.500. The van der Waals surface area contributed by atoms with Gasteiger partial charge in [-0.25, -0.2) is 18.0 Å². The van der Waals surface area contributed by atoms with E-state index in [0.717, 1.165) is 6.07 Å². The molecule has 1 heterocycles. The van der Waals surface area contributed by atoms with Crippen LogP contribution >= 0.6 is 0 Å². The zero-order valence-electron chi connectivity index (χ0n) is 13.6. The minimum Gasteiger partial charge on any atom is -0.444 e. The fourth-order valence-corrected chi connectivity index (χ4v) is 2.54. The molecule has 0 bridgehead atoms. The Morgan fingerprint density at radius 2 is 1.83 bits per heavy atom. The summed E-state index contributed by atoms with van der Waals surface area (Å²) in [6, 6.07) is 0.441. The molecule has 1 aromatic carbocycles. The molecule has 0 aliphatic carbocycles. The second kappa shape index (κ2) is 6.70. The first-order valence-electron chi connectivity index (χ1n) is 7.47. The number of nitrogens with one attached hydrogen (secondary N) is 2. The van der Waals surface area contributed by atoms with E-state index in [2.05, 4.69) is 10.6 Å². The Morgan fingerprint density at radius 3 is 2.46 bits per heavy atom. The topological polar surface area (TPSA) is 67.4 Å². The summed E-state index contributed by atoms with van der Waals surface area (Å²) in [5.41, 5.74) is -0.894. The molecule has 5 nitrogen and oxygen atoms in total. The largest absolute Gasteiger partial charge is 0.444 e. The van der Waals surface area contributed by atoms with Crippen molar-refractivity contribution in [1.29, 1.82) is 0 Å². The number of hydrogen-bond acceptors (Lipinski definition) is 3. The summed E-state index contributed by atoms with van der Waals surface area (Å²) < 4.78 is 45.8. The van der Waals surface area contributed by atoms with E-state index in [1.807, 2.05) is 0 Å².